The average molecular weight is 420 g/mol. The maximum Gasteiger partial charge on any atom is 0.261 e. The van der Waals surface area contributed by atoms with Gasteiger partial charge in [0, 0.05) is 10.7 Å². The molecule has 9 heteroatoms. The van der Waals surface area contributed by atoms with E-state index in [4.69, 9.17) is 15.4 Å². The molecule has 21 heavy (non-hydrogen) atoms. The van der Waals surface area contributed by atoms with E-state index in [-0.39, 0.29) is 17.3 Å². The fourth-order valence-electron chi connectivity index (χ4n) is 1.32. The standard InChI is InChI=1S/C12H16BrClO5S2/c1-12(2,3)20(15,16)7-6-19-11-5-4-9(8-10(11)13)21(14,17)18/h4-5,8H,6-7H2,1-3H3. The molecule has 0 aliphatic rings. The number of halogens is 2. The predicted molar refractivity (Wildman–Crippen MR) is 86.2 cm³/mol. The molecule has 0 N–H and O–H groups in total. The lowest BCUT2D eigenvalue weighted by molar-refractivity contribution is 0.337. The molecule has 0 fully saturated rings. The molecule has 0 heterocycles. The van der Waals surface area contributed by atoms with Crippen molar-refractivity contribution in [3.63, 3.8) is 0 Å². The van der Waals surface area contributed by atoms with Crippen molar-refractivity contribution in [2.75, 3.05) is 12.4 Å². The van der Waals surface area contributed by atoms with E-state index in [2.05, 4.69) is 15.9 Å². The van der Waals surface area contributed by atoms with Gasteiger partial charge in [-0.25, -0.2) is 16.8 Å². The largest absolute Gasteiger partial charge is 0.491 e. The Balaban J connectivity index is 2.79. The van der Waals surface area contributed by atoms with Crippen molar-refractivity contribution >= 4 is 45.5 Å². The van der Waals surface area contributed by atoms with Gasteiger partial charge in [0.1, 0.15) is 12.4 Å². The van der Waals surface area contributed by atoms with E-state index in [9.17, 15) is 16.8 Å². The van der Waals surface area contributed by atoms with E-state index < -0.39 is 23.6 Å². The van der Waals surface area contributed by atoms with Gasteiger partial charge in [0.05, 0.1) is 19.9 Å². The summed E-state index contributed by atoms with van der Waals surface area (Å²) in [5, 5.41) is 0. The summed E-state index contributed by atoms with van der Waals surface area (Å²) in [6.45, 7) is 4.85. The molecule has 0 atom stereocenters. The Labute approximate surface area is 138 Å². The first-order chi connectivity index (χ1) is 9.34. The molecule has 1 aromatic rings. The molecule has 0 amide bonds. The fraction of sp³-hybridized carbons (Fsp3) is 0.500. The summed E-state index contributed by atoms with van der Waals surface area (Å²) >= 11 is 3.16. The van der Waals surface area contributed by atoms with Crippen molar-refractivity contribution in [3.8, 4) is 5.75 Å². The normalized spacial score (nSPS) is 13.2. The van der Waals surface area contributed by atoms with Crippen molar-refractivity contribution in [2.45, 2.75) is 30.4 Å². The first-order valence-electron chi connectivity index (χ1n) is 5.94. The maximum absolute atomic E-state index is 11.9. The third kappa shape index (κ3) is 5.12. The Morgan fingerprint density at radius 3 is 2.19 bits per heavy atom. The molecule has 0 bridgehead atoms. The molecule has 0 saturated heterocycles. The minimum atomic E-state index is -3.81. The van der Waals surface area contributed by atoms with Gasteiger partial charge in [-0.2, -0.15) is 0 Å². The van der Waals surface area contributed by atoms with Crippen molar-refractivity contribution in [1.82, 2.24) is 0 Å². The van der Waals surface area contributed by atoms with Gasteiger partial charge in [-0.1, -0.05) is 0 Å². The summed E-state index contributed by atoms with van der Waals surface area (Å²) in [5.74, 6) is 0.224. The van der Waals surface area contributed by atoms with Crippen LogP contribution in [0.25, 0.3) is 0 Å². The molecular formula is C12H16BrClO5S2. The number of sulfone groups is 1. The van der Waals surface area contributed by atoms with E-state index in [0.29, 0.717) is 10.2 Å². The number of rotatable bonds is 5. The quantitative estimate of drug-likeness (QED) is 0.686. The van der Waals surface area contributed by atoms with Crippen LogP contribution in [0.3, 0.4) is 0 Å². The Morgan fingerprint density at radius 2 is 1.76 bits per heavy atom. The van der Waals surface area contributed by atoms with Gasteiger partial charge in [-0.05, 0) is 54.9 Å². The first kappa shape index (κ1) is 18.7. The van der Waals surface area contributed by atoms with Crippen LogP contribution >= 0.6 is 26.6 Å². The molecule has 1 aromatic carbocycles. The van der Waals surface area contributed by atoms with Gasteiger partial charge in [0.15, 0.2) is 9.84 Å². The Bertz CT molecular complexity index is 721. The molecule has 0 aliphatic carbocycles. The van der Waals surface area contributed by atoms with Gasteiger partial charge in [-0.15, -0.1) is 0 Å². The minimum Gasteiger partial charge on any atom is -0.491 e. The molecular weight excluding hydrogens is 404 g/mol. The lowest BCUT2D eigenvalue weighted by atomic mass is 10.3. The van der Waals surface area contributed by atoms with E-state index >= 15 is 0 Å². The van der Waals surface area contributed by atoms with Gasteiger partial charge < -0.3 is 4.74 Å². The predicted octanol–water partition coefficient (Wildman–Crippen LogP) is 2.97. The van der Waals surface area contributed by atoms with E-state index in [1.807, 2.05) is 0 Å². The lowest BCUT2D eigenvalue weighted by Gasteiger charge is -2.19. The van der Waals surface area contributed by atoms with E-state index in [0.717, 1.165) is 0 Å². The molecule has 0 spiro atoms. The summed E-state index contributed by atoms with van der Waals surface area (Å²) in [6.07, 6.45) is 0. The van der Waals surface area contributed by atoms with Gasteiger partial charge in [0.25, 0.3) is 9.05 Å². The molecule has 120 valence electrons. The third-order valence-electron chi connectivity index (χ3n) is 2.73. The number of hydrogen-bond acceptors (Lipinski definition) is 5. The van der Waals surface area contributed by atoms with Crippen molar-refractivity contribution in [2.24, 2.45) is 0 Å². The highest BCUT2D eigenvalue weighted by molar-refractivity contribution is 9.10. The fourth-order valence-corrected chi connectivity index (χ4v) is 3.65. The van der Waals surface area contributed by atoms with Gasteiger partial charge in [-0.3, -0.25) is 0 Å². The van der Waals surface area contributed by atoms with Crippen LogP contribution in [-0.4, -0.2) is 33.9 Å². The van der Waals surface area contributed by atoms with Crippen LogP contribution in [0.4, 0.5) is 0 Å². The zero-order valence-electron chi connectivity index (χ0n) is 11.8. The van der Waals surface area contributed by atoms with Crippen LogP contribution in [0.1, 0.15) is 20.8 Å². The van der Waals surface area contributed by atoms with Crippen LogP contribution < -0.4 is 4.74 Å². The first-order valence-corrected chi connectivity index (χ1v) is 10.7. The number of hydrogen-bond donors (Lipinski definition) is 0. The molecule has 0 radical (unpaired) electrons. The summed E-state index contributed by atoms with van der Waals surface area (Å²) in [6, 6.07) is 4.01. The van der Waals surface area contributed by atoms with Crippen molar-refractivity contribution < 1.29 is 21.6 Å². The summed E-state index contributed by atoms with van der Waals surface area (Å²) in [4.78, 5) is -0.0642. The zero-order chi connectivity index (χ0) is 16.5. The highest BCUT2D eigenvalue weighted by atomic mass is 79.9. The van der Waals surface area contributed by atoms with Crippen LogP contribution in [0, 0.1) is 0 Å². The Morgan fingerprint density at radius 1 is 1.19 bits per heavy atom. The average Bonchev–Trinajstić information content (AvgIpc) is 2.28. The zero-order valence-corrected chi connectivity index (χ0v) is 15.7. The Kier molecular flexibility index (Phi) is 5.74. The van der Waals surface area contributed by atoms with Crippen molar-refractivity contribution in [1.29, 1.82) is 0 Å². The topological polar surface area (TPSA) is 77.5 Å². The highest BCUT2D eigenvalue weighted by Crippen LogP contribution is 2.29. The SMILES string of the molecule is CC(C)(C)S(=O)(=O)CCOc1ccc(S(=O)(=O)Cl)cc1Br. The molecule has 1 rings (SSSR count). The number of benzene rings is 1. The van der Waals surface area contributed by atoms with Gasteiger partial charge in [0.2, 0.25) is 0 Å². The second-order valence-electron chi connectivity index (χ2n) is 5.31. The van der Waals surface area contributed by atoms with Crippen LogP contribution in [0.15, 0.2) is 27.6 Å². The highest BCUT2D eigenvalue weighted by Gasteiger charge is 2.28. The van der Waals surface area contributed by atoms with Crippen LogP contribution in [-0.2, 0) is 18.9 Å². The van der Waals surface area contributed by atoms with E-state index in [1.54, 1.807) is 20.8 Å². The number of ether oxygens (including phenoxy) is 1. The lowest BCUT2D eigenvalue weighted by Crippen LogP contribution is -2.32. The maximum atomic E-state index is 11.9. The van der Waals surface area contributed by atoms with Crippen LogP contribution in [0.5, 0.6) is 5.75 Å². The van der Waals surface area contributed by atoms with Crippen LogP contribution in [0.2, 0.25) is 0 Å². The molecule has 0 unspecified atom stereocenters. The molecule has 0 aromatic heterocycles. The third-order valence-corrected chi connectivity index (χ3v) is 7.27. The van der Waals surface area contributed by atoms with Crippen molar-refractivity contribution in [3.05, 3.63) is 22.7 Å². The molecule has 5 nitrogen and oxygen atoms in total. The summed E-state index contributed by atoms with van der Waals surface area (Å²) in [5.41, 5.74) is 0. The molecule has 0 aliphatic heterocycles. The minimum absolute atomic E-state index is 0.0226. The monoisotopic (exact) mass is 418 g/mol. The van der Waals surface area contributed by atoms with E-state index in [1.165, 1.54) is 18.2 Å². The smallest absolute Gasteiger partial charge is 0.261 e. The summed E-state index contributed by atoms with van der Waals surface area (Å²) < 4.78 is 51.1. The Hall–Kier alpha value is -0.310. The second-order valence-corrected chi connectivity index (χ2v) is 11.6. The molecule has 0 saturated carbocycles. The summed E-state index contributed by atoms with van der Waals surface area (Å²) in [7, 11) is -1.86. The second kappa shape index (κ2) is 6.44. The van der Waals surface area contributed by atoms with Gasteiger partial charge >= 0.3 is 0 Å².